The van der Waals surface area contributed by atoms with Crippen LogP contribution in [0.3, 0.4) is 0 Å². The fraction of sp³-hybridized carbons (Fsp3) is 0.700. The largest absolute Gasteiger partial charge is 0.383 e. The highest BCUT2D eigenvalue weighted by atomic mass is 32.2. The molecule has 0 radical (unpaired) electrons. The zero-order chi connectivity index (χ0) is 13.8. The minimum absolute atomic E-state index is 0.0841. The first kappa shape index (κ1) is 15.2. The highest BCUT2D eigenvalue weighted by molar-refractivity contribution is 7.91. The molecule has 0 spiro atoms. The van der Waals surface area contributed by atoms with Crippen molar-refractivity contribution in [2.45, 2.75) is 18.2 Å². The number of anilines is 2. The standard InChI is InChI=1S/C10H19N3O3S2/c1-4-7-18(14,15)8-9(11)12-17-10(8)13(2)5-6-16-3/h4-7H2,1-3H3,(H2,11,12). The van der Waals surface area contributed by atoms with Crippen molar-refractivity contribution >= 4 is 32.2 Å². The average molecular weight is 293 g/mol. The highest BCUT2D eigenvalue weighted by Crippen LogP contribution is 2.34. The lowest BCUT2D eigenvalue weighted by Crippen LogP contribution is -2.23. The molecule has 6 nitrogen and oxygen atoms in total. The zero-order valence-corrected chi connectivity index (χ0v) is 12.5. The number of hydrogen-bond donors (Lipinski definition) is 1. The van der Waals surface area contributed by atoms with Gasteiger partial charge in [-0.15, -0.1) is 0 Å². The Morgan fingerprint density at radius 1 is 1.50 bits per heavy atom. The van der Waals surface area contributed by atoms with Crippen LogP contribution in [0.2, 0.25) is 0 Å². The van der Waals surface area contributed by atoms with Gasteiger partial charge >= 0.3 is 0 Å². The molecule has 104 valence electrons. The fourth-order valence-corrected chi connectivity index (χ4v) is 4.29. The van der Waals surface area contributed by atoms with Gasteiger partial charge in [0.1, 0.15) is 9.90 Å². The number of aromatic nitrogens is 1. The number of rotatable bonds is 7. The first-order valence-electron chi connectivity index (χ1n) is 5.62. The van der Waals surface area contributed by atoms with E-state index in [1.807, 2.05) is 6.92 Å². The van der Waals surface area contributed by atoms with Crippen molar-refractivity contribution in [2.24, 2.45) is 0 Å². The van der Waals surface area contributed by atoms with Crippen molar-refractivity contribution < 1.29 is 13.2 Å². The maximum atomic E-state index is 12.1. The van der Waals surface area contributed by atoms with Crippen LogP contribution >= 0.6 is 11.5 Å². The van der Waals surface area contributed by atoms with Gasteiger partial charge in [0.05, 0.1) is 12.4 Å². The summed E-state index contributed by atoms with van der Waals surface area (Å²) in [7, 11) is 0.0454. The lowest BCUT2D eigenvalue weighted by Gasteiger charge is -2.17. The van der Waals surface area contributed by atoms with Gasteiger partial charge in [-0.1, -0.05) is 6.92 Å². The van der Waals surface area contributed by atoms with Crippen LogP contribution in [-0.4, -0.2) is 45.9 Å². The monoisotopic (exact) mass is 293 g/mol. The third kappa shape index (κ3) is 3.33. The topological polar surface area (TPSA) is 85.5 Å². The Kier molecular flexibility index (Phi) is 5.36. The van der Waals surface area contributed by atoms with Gasteiger partial charge in [-0.3, -0.25) is 0 Å². The van der Waals surface area contributed by atoms with Gasteiger partial charge in [0.15, 0.2) is 15.7 Å². The van der Waals surface area contributed by atoms with E-state index in [0.717, 1.165) is 11.5 Å². The summed E-state index contributed by atoms with van der Waals surface area (Å²) < 4.78 is 33.2. The summed E-state index contributed by atoms with van der Waals surface area (Å²) in [6.07, 6.45) is 0.554. The summed E-state index contributed by atoms with van der Waals surface area (Å²) in [4.78, 5) is 1.97. The summed E-state index contributed by atoms with van der Waals surface area (Å²) in [6.45, 7) is 2.93. The number of hydrogen-bond acceptors (Lipinski definition) is 7. The van der Waals surface area contributed by atoms with Crippen LogP contribution in [0.1, 0.15) is 13.3 Å². The molecule has 2 N–H and O–H groups in total. The molecule has 1 rings (SSSR count). The number of sulfone groups is 1. The van der Waals surface area contributed by atoms with E-state index >= 15 is 0 Å². The van der Waals surface area contributed by atoms with Gasteiger partial charge in [0.25, 0.3) is 0 Å². The fourth-order valence-electron chi connectivity index (χ4n) is 1.52. The van der Waals surface area contributed by atoms with E-state index < -0.39 is 9.84 Å². The van der Waals surface area contributed by atoms with Crippen molar-refractivity contribution in [2.75, 3.05) is 43.7 Å². The van der Waals surface area contributed by atoms with E-state index in [2.05, 4.69) is 4.37 Å². The molecule has 0 fully saturated rings. The summed E-state index contributed by atoms with van der Waals surface area (Å²) in [5, 5.41) is 0.581. The number of nitrogen functional groups attached to an aromatic ring is 1. The zero-order valence-electron chi connectivity index (χ0n) is 10.8. The molecule has 8 heteroatoms. The van der Waals surface area contributed by atoms with Gasteiger partial charge in [0.2, 0.25) is 0 Å². The SMILES string of the molecule is CCCS(=O)(=O)c1c(N)nsc1N(C)CCOC. The number of likely N-dealkylation sites (N-methyl/N-ethyl adjacent to an activating group) is 1. The Balaban J connectivity index is 3.09. The molecule has 0 saturated carbocycles. The number of ether oxygens (including phenoxy) is 1. The van der Waals surface area contributed by atoms with Crippen LogP contribution in [0.4, 0.5) is 10.8 Å². The predicted octanol–water partition coefficient (Wildman–Crippen LogP) is 0.992. The van der Waals surface area contributed by atoms with Crippen LogP contribution in [0.5, 0.6) is 0 Å². The minimum Gasteiger partial charge on any atom is -0.383 e. The molecular formula is C10H19N3O3S2. The number of nitrogens with two attached hydrogens (primary N) is 1. The minimum atomic E-state index is -3.36. The Labute approximate surface area is 112 Å². The molecule has 0 aromatic carbocycles. The molecular weight excluding hydrogens is 274 g/mol. The smallest absolute Gasteiger partial charge is 0.185 e. The van der Waals surface area contributed by atoms with E-state index in [9.17, 15) is 8.42 Å². The highest BCUT2D eigenvalue weighted by Gasteiger charge is 2.26. The predicted molar refractivity (Wildman–Crippen MR) is 74.0 cm³/mol. The van der Waals surface area contributed by atoms with E-state index in [1.54, 1.807) is 19.1 Å². The summed E-state index contributed by atoms with van der Waals surface area (Å²) >= 11 is 1.10. The molecule has 1 aromatic heterocycles. The molecule has 0 bridgehead atoms. The molecule has 1 aromatic rings. The van der Waals surface area contributed by atoms with Crippen molar-refractivity contribution in [1.29, 1.82) is 0 Å². The lowest BCUT2D eigenvalue weighted by molar-refractivity contribution is 0.206. The molecule has 0 aliphatic carbocycles. The summed E-state index contributed by atoms with van der Waals surface area (Å²) in [5.74, 6) is 0.175. The van der Waals surface area contributed by atoms with Gasteiger partial charge in [-0.25, -0.2) is 8.42 Å². The second-order valence-electron chi connectivity index (χ2n) is 3.94. The third-order valence-electron chi connectivity index (χ3n) is 2.42. The average Bonchev–Trinajstić information content (AvgIpc) is 2.68. The Bertz CT molecular complexity index is 485. The normalized spacial score (nSPS) is 11.7. The van der Waals surface area contributed by atoms with Crippen LogP contribution < -0.4 is 10.6 Å². The summed E-state index contributed by atoms with van der Waals surface area (Å²) in [5.41, 5.74) is 5.69. The van der Waals surface area contributed by atoms with E-state index in [0.29, 0.717) is 24.6 Å². The number of methoxy groups -OCH3 is 1. The van der Waals surface area contributed by atoms with Crippen LogP contribution in [0, 0.1) is 0 Å². The van der Waals surface area contributed by atoms with Gasteiger partial charge < -0.3 is 15.4 Å². The van der Waals surface area contributed by atoms with Crippen molar-refractivity contribution in [3.8, 4) is 0 Å². The lowest BCUT2D eigenvalue weighted by atomic mass is 10.5. The second-order valence-corrected chi connectivity index (χ2v) is 6.73. The Morgan fingerprint density at radius 2 is 2.17 bits per heavy atom. The van der Waals surface area contributed by atoms with Crippen LogP contribution in [-0.2, 0) is 14.6 Å². The Hall–Kier alpha value is -0.860. The van der Waals surface area contributed by atoms with Gasteiger partial charge in [-0.2, -0.15) is 4.37 Å². The molecule has 0 atom stereocenters. The number of nitrogens with zero attached hydrogens (tertiary/aromatic N) is 2. The molecule has 1 heterocycles. The third-order valence-corrected chi connectivity index (χ3v) is 5.49. The van der Waals surface area contributed by atoms with Crippen molar-refractivity contribution in [3.63, 3.8) is 0 Å². The van der Waals surface area contributed by atoms with Gasteiger partial charge in [-0.05, 0) is 18.0 Å². The van der Waals surface area contributed by atoms with Crippen molar-refractivity contribution in [3.05, 3.63) is 0 Å². The van der Waals surface area contributed by atoms with Crippen LogP contribution in [0.25, 0.3) is 0 Å². The molecule has 0 amide bonds. The van der Waals surface area contributed by atoms with Crippen molar-refractivity contribution in [1.82, 2.24) is 4.37 Å². The molecule has 0 aliphatic heterocycles. The summed E-state index contributed by atoms with van der Waals surface area (Å²) in [6, 6.07) is 0. The molecule has 0 saturated heterocycles. The first-order chi connectivity index (χ1) is 8.44. The molecule has 0 aliphatic rings. The first-order valence-corrected chi connectivity index (χ1v) is 8.04. The quantitative estimate of drug-likeness (QED) is 0.807. The Morgan fingerprint density at radius 3 is 2.72 bits per heavy atom. The second kappa shape index (κ2) is 6.35. The maximum absolute atomic E-state index is 12.1. The van der Waals surface area contributed by atoms with Crippen LogP contribution in [0.15, 0.2) is 4.90 Å². The molecule has 18 heavy (non-hydrogen) atoms. The van der Waals surface area contributed by atoms with Gasteiger partial charge in [0, 0.05) is 20.7 Å². The van der Waals surface area contributed by atoms with E-state index in [-0.39, 0.29) is 16.5 Å². The van der Waals surface area contributed by atoms with E-state index in [4.69, 9.17) is 10.5 Å². The molecule has 0 unspecified atom stereocenters. The van der Waals surface area contributed by atoms with E-state index in [1.165, 1.54) is 0 Å². The maximum Gasteiger partial charge on any atom is 0.185 e.